The number of aryl methyl sites for hydroxylation is 1. The lowest BCUT2D eigenvalue weighted by Crippen LogP contribution is -2.20. The molecule has 11 heteroatoms. The van der Waals surface area contributed by atoms with Gasteiger partial charge < -0.3 is 15.4 Å². The summed E-state index contributed by atoms with van der Waals surface area (Å²) in [5, 5.41) is 4.99. The molecule has 3 aromatic rings. The fourth-order valence-corrected chi connectivity index (χ4v) is 5.11. The van der Waals surface area contributed by atoms with Crippen LogP contribution in [0.4, 0.5) is 35.0 Å². The van der Waals surface area contributed by atoms with Crippen molar-refractivity contribution in [3.8, 4) is 5.75 Å². The summed E-state index contributed by atoms with van der Waals surface area (Å²) in [6, 6.07) is 15.7. The summed E-state index contributed by atoms with van der Waals surface area (Å²) in [7, 11) is -3.93. The molecule has 0 radical (unpaired) electrons. The van der Waals surface area contributed by atoms with Gasteiger partial charge in [0.2, 0.25) is 0 Å². The first-order valence-electron chi connectivity index (χ1n) is 11.2. The highest BCUT2D eigenvalue weighted by molar-refractivity contribution is 7.92. The highest BCUT2D eigenvalue weighted by atomic mass is 32.2. The maximum Gasteiger partial charge on any atom is 0.573 e. The molecule has 0 aromatic heterocycles. The zero-order chi connectivity index (χ0) is 25.9. The molecule has 3 N–H and O–H groups in total. The molecule has 0 spiro atoms. The van der Waals surface area contributed by atoms with E-state index >= 15 is 0 Å². The molecule has 0 aliphatic heterocycles. The van der Waals surface area contributed by atoms with Crippen LogP contribution in [-0.4, -0.2) is 20.8 Å². The van der Waals surface area contributed by atoms with Crippen LogP contribution in [0.5, 0.6) is 5.75 Å². The van der Waals surface area contributed by atoms with Crippen molar-refractivity contribution < 1.29 is 31.1 Å². The summed E-state index contributed by atoms with van der Waals surface area (Å²) in [5.74, 6) is 0.116. The number of halogens is 3. The fraction of sp³-hybridized carbons (Fsp3) is 0.240. The van der Waals surface area contributed by atoms with Crippen LogP contribution >= 0.6 is 0 Å². The van der Waals surface area contributed by atoms with Gasteiger partial charge in [0.1, 0.15) is 5.75 Å². The molecule has 2 amide bonds. The number of benzene rings is 3. The van der Waals surface area contributed by atoms with Gasteiger partial charge >= 0.3 is 12.4 Å². The Hall–Kier alpha value is -3.73. The van der Waals surface area contributed by atoms with E-state index in [0.29, 0.717) is 17.2 Å². The number of hydrogen-bond acceptors (Lipinski definition) is 4. The van der Waals surface area contributed by atoms with E-state index in [1.54, 1.807) is 31.2 Å². The third kappa shape index (κ3) is 6.48. The normalized spacial score (nSPS) is 14.0. The highest BCUT2D eigenvalue weighted by Crippen LogP contribution is 2.36. The zero-order valence-corrected chi connectivity index (χ0v) is 20.0. The molecule has 7 nitrogen and oxygen atoms in total. The van der Waals surface area contributed by atoms with E-state index < -0.39 is 28.2 Å². The minimum absolute atomic E-state index is 0.00276. The molecule has 1 aliphatic rings. The van der Waals surface area contributed by atoms with E-state index in [1.807, 2.05) is 12.1 Å². The Morgan fingerprint density at radius 1 is 0.889 bits per heavy atom. The average molecular weight is 520 g/mol. The standard InChI is InChI=1S/C25H24F3N3O4S/c1-16-5-8-21(30-24(32)29-19-11-13-22(14-12-19)35-25(26,27)28)15-23(16)36(33,34)31-20-9-6-18(7-10-20)17-3-2-4-17/h5-15,17,31H,2-4H2,1H3,(H2,29,30,32). The van der Waals surface area contributed by atoms with Gasteiger partial charge in [0.05, 0.1) is 4.90 Å². The molecule has 0 unspecified atom stereocenters. The Bertz CT molecular complexity index is 1340. The van der Waals surface area contributed by atoms with Crippen LogP contribution in [0.1, 0.15) is 36.3 Å². The molecule has 36 heavy (non-hydrogen) atoms. The first-order valence-corrected chi connectivity index (χ1v) is 12.6. The van der Waals surface area contributed by atoms with Crippen LogP contribution in [0.3, 0.4) is 0 Å². The van der Waals surface area contributed by atoms with E-state index in [1.165, 1.54) is 30.2 Å². The summed E-state index contributed by atoms with van der Waals surface area (Å²) in [4.78, 5) is 12.3. The van der Waals surface area contributed by atoms with Crippen LogP contribution in [0.2, 0.25) is 0 Å². The first-order chi connectivity index (χ1) is 17.0. The maximum atomic E-state index is 13.0. The Morgan fingerprint density at radius 3 is 2.06 bits per heavy atom. The number of alkyl halides is 3. The smallest absolute Gasteiger partial charge is 0.406 e. The third-order valence-electron chi connectivity index (χ3n) is 5.82. The summed E-state index contributed by atoms with van der Waals surface area (Å²) in [6.45, 7) is 1.64. The SMILES string of the molecule is Cc1ccc(NC(=O)Nc2ccc(OC(F)(F)F)cc2)cc1S(=O)(=O)Nc1ccc(C2CCC2)cc1. The number of carbonyl (C=O) groups is 1. The second-order valence-electron chi connectivity index (χ2n) is 8.49. The number of carbonyl (C=O) groups excluding carboxylic acids is 1. The van der Waals surface area contributed by atoms with Crippen molar-refractivity contribution in [3.63, 3.8) is 0 Å². The van der Waals surface area contributed by atoms with Gasteiger partial charge in [0, 0.05) is 17.1 Å². The quantitative estimate of drug-likeness (QED) is 0.327. The number of ether oxygens (including phenoxy) is 1. The monoisotopic (exact) mass is 519 g/mol. The number of rotatable bonds is 7. The molecular weight excluding hydrogens is 495 g/mol. The van der Waals surface area contributed by atoms with E-state index in [4.69, 9.17) is 0 Å². The van der Waals surface area contributed by atoms with E-state index in [9.17, 15) is 26.4 Å². The zero-order valence-electron chi connectivity index (χ0n) is 19.2. The Morgan fingerprint density at radius 2 is 1.47 bits per heavy atom. The van der Waals surface area contributed by atoms with Gasteiger partial charge in [-0.3, -0.25) is 4.72 Å². The van der Waals surface area contributed by atoms with Gasteiger partial charge in [-0.1, -0.05) is 24.6 Å². The minimum atomic E-state index is -4.82. The number of nitrogens with one attached hydrogen (secondary N) is 3. The molecule has 3 aromatic carbocycles. The number of urea groups is 1. The topological polar surface area (TPSA) is 96.5 Å². The third-order valence-corrected chi connectivity index (χ3v) is 7.34. The van der Waals surface area contributed by atoms with Crippen molar-refractivity contribution >= 4 is 33.1 Å². The van der Waals surface area contributed by atoms with Crippen molar-refractivity contribution in [2.24, 2.45) is 0 Å². The van der Waals surface area contributed by atoms with Crippen LogP contribution in [0, 0.1) is 6.92 Å². The Labute approximate surface area is 206 Å². The second kappa shape index (κ2) is 10.1. The van der Waals surface area contributed by atoms with Gasteiger partial charge in [-0.2, -0.15) is 0 Å². The largest absolute Gasteiger partial charge is 0.573 e. The maximum absolute atomic E-state index is 13.0. The predicted molar refractivity (Wildman–Crippen MR) is 131 cm³/mol. The molecular formula is C25H24F3N3O4S. The molecule has 1 saturated carbocycles. The average Bonchev–Trinajstić information content (AvgIpc) is 2.75. The van der Waals surface area contributed by atoms with Crippen molar-refractivity contribution in [1.82, 2.24) is 0 Å². The van der Waals surface area contributed by atoms with Gasteiger partial charge in [0.25, 0.3) is 10.0 Å². The predicted octanol–water partition coefficient (Wildman–Crippen LogP) is 6.61. The molecule has 0 bridgehead atoms. The molecule has 0 atom stereocenters. The van der Waals surface area contributed by atoms with E-state index in [2.05, 4.69) is 20.1 Å². The van der Waals surface area contributed by atoms with Crippen LogP contribution in [0.25, 0.3) is 0 Å². The highest BCUT2D eigenvalue weighted by Gasteiger charge is 2.31. The van der Waals surface area contributed by atoms with E-state index in [-0.39, 0.29) is 16.3 Å². The van der Waals surface area contributed by atoms with Gasteiger partial charge in [-0.25, -0.2) is 13.2 Å². The van der Waals surface area contributed by atoms with Gasteiger partial charge in [-0.15, -0.1) is 13.2 Å². The molecule has 0 heterocycles. The lowest BCUT2D eigenvalue weighted by Gasteiger charge is -2.25. The fourth-order valence-electron chi connectivity index (χ4n) is 3.78. The van der Waals surface area contributed by atoms with Crippen molar-refractivity contribution in [2.75, 3.05) is 15.4 Å². The van der Waals surface area contributed by atoms with Crippen molar-refractivity contribution in [2.45, 2.75) is 43.4 Å². The van der Waals surface area contributed by atoms with Crippen LogP contribution in [-0.2, 0) is 10.0 Å². The lowest BCUT2D eigenvalue weighted by molar-refractivity contribution is -0.274. The van der Waals surface area contributed by atoms with Crippen LogP contribution in [0.15, 0.2) is 71.6 Å². The molecule has 1 fully saturated rings. The number of hydrogen-bond donors (Lipinski definition) is 3. The molecule has 1 aliphatic carbocycles. The summed E-state index contributed by atoms with van der Waals surface area (Å²) in [6.07, 6.45) is -1.31. The van der Waals surface area contributed by atoms with Crippen molar-refractivity contribution in [1.29, 1.82) is 0 Å². The number of sulfonamides is 1. The van der Waals surface area contributed by atoms with Gasteiger partial charge in [0.15, 0.2) is 0 Å². The summed E-state index contributed by atoms with van der Waals surface area (Å²) in [5.41, 5.74) is 2.55. The number of amides is 2. The summed E-state index contributed by atoms with van der Waals surface area (Å²) >= 11 is 0. The Kier molecular flexibility index (Phi) is 7.11. The molecule has 0 saturated heterocycles. The molecule has 4 rings (SSSR count). The first kappa shape index (κ1) is 25.4. The van der Waals surface area contributed by atoms with E-state index in [0.717, 1.165) is 25.0 Å². The minimum Gasteiger partial charge on any atom is -0.406 e. The van der Waals surface area contributed by atoms with Crippen LogP contribution < -0.4 is 20.1 Å². The van der Waals surface area contributed by atoms with Gasteiger partial charge in [-0.05, 0) is 85.3 Å². The lowest BCUT2D eigenvalue weighted by atomic mass is 9.80. The van der Waals surface area contributed by atoms with Crippen molar-refractivity contribution in [3.05, 3.63) is 77.9 Å². The summed E-state index contributed by atoms with van der Waals surface area (Å²) < 4.78 is 69.3. The Balaban J connectivity index is 1.41. The molecule has 190 valence electrons. The second-order valence-corrected chi connectivity index (χ2v) is 10.1. The number of anilines is 3.